The summed E-state index contributed by atoms with van der Waals surface area (Å²) in [4.78, 5) is 26.0. The van der Waals surface area contributed by atoms with Gasteiger partial charge in [-0.25, -0.2) is 4.98 Å². The number of carbonyl (C=O) groups is 1. The van der Waals surface area contributed by atoms with Crippen molar-refractivity contribution in [3.63, 3.8) is 0 Å². The molecule has 4 aromatic rings. The predicted molar refractivity (Wildman–Crippen MR) is 140 cm³/mol. The summed E-state index contributed by atoms with van der Waals surface area (Å²) < 4.78 is 5.82. The Morgan fingerprint density at radius 3 is 2.40 bits per heavy atom. The molecule has 176 valence electrons. The number of rotatable bonds is 6. The third-order valence-electron chi connectivity index (χ3n) is 6.00. The lowest BCUT2D eigenvalue weighted by molar-refractivity contribution is -0.126. The molecule has 0 unspecified atom stereocenters. The minimum atomic E-state index is 0.00768. The first-order valence-corrected chi connectivity index (χ1v) is 11.9. The highest BCUT2D eigenvalue weighted by atomic mass is 35.5. The number of hydrogen-bond donors (Lipinski definition) is 0. The second kappa shape index (κ2) is 10.6. The standard InChI is InChI=1S/C28H25ClN4O2/c29-24-6-2-1-5-22(24)20-35-23-12-9-21(10-13-23)11-14-28(34)33-17-15-32(16-18-33)27-19-30-25-7-3-4-8-26(25)31-27/h1-14,19H,15-18,20H2/b14-11+. The lowest BCUT2D eigenvalue weighted by Crippen LogP contribution is -2.48. The van der Waals surface area contributed by atoms with Crippen molar-refractivity contribution < 1.29 is 9.53 Å². The molecule has 7 heteroatoms. The van der Waals surface area contributed by atoms with Gasteiger partial charge < -0.3 is 14.5 Å². The Morgan fingerprint density at radius 1 is 0.914 bits per heavy atom. The van der Waals surface area contributed by atoms with E-state index in [0.29, 0.717) is 24.7 Å². The lowest BCUT2D eigenvalue weighted by Gasteiger charge is -2.34. The van der Waals surface area contributed by atoms with E-state index in [9.17, 15) is 4.79 Å². The molecule has 1 aliphatic heterocycles. The molecule has 2 heterocycles. The molecule has 6 nitrogen and oxygen atoms in total. The Kier molecular flexibility index (Phi) is 6.91. The Morgan fingerprint density at radius 2 is 1.63 bits per heavy atom. The highest BCUT2D eigenvalue weighted by Gasteiger charge is 2.21. The maximum Gasteiger partial charge on any atom is 0.246 e. The van der Waals surface area contributed by atoms with Gasteiger partial charge in [-0.05, 0) is 42.0 Å². The number of benzene rings is 3. The second-order valence-electron chi connectivity index (χ2n) is 8.31. The number of ether oxygens (including phenoxy) is 1. The first-order valence-electron chi connectivity index (χ1n) is 11.6. The van der Waals surface area contributed by atoms with Crippen LogP contribution in [-0.2, 0) is 11.4 Å². The largest absolute Gasteiger partial charge is 0.489 e. The van der Waals surface area contributed by atoms with Gasteiger partial charge in [-0.2, -0.15) is 0 Å². The summed E-state index contributed by atoms with van der Waals surface area (Å²) in [6, 6.07) is 23.1. The first kappa shape index (κ1) is 22.9. The van der Waals surface area contributed by atoms with Crippen molar-refractivity contribution in [2.75, 3.05) is 31.1 Å². The summed E-state index contributed by atoms with van der Waals surface area (Å²) in [5.74, 6) is 1.61. The SMILES string of the molecule is O=C(/C=C/c1ccc(OCc2ccccc2Cl)cc1)N1CCN(c2cnc3ccccc3n2)CC1. The van der Waals surface area contributed by atoms with Crippen LogP contribution in [0, 0.1) is 0 Å². The fraction of sp³-hybridized carbons (Fsp3) is 0.179. The quantitative estimate of drug-likeness (QED) is 0.351. The molecule has 0 spiro atoms. The summed E-state index contributed by atoms with van der Waals surface area (Å²) >= 11 is 6.18. The maximum absolute atomic E-state index is 12.7. The fourth-order valence-corrected chi connectivity index (χ4v) is 4.17. The number of nitrogens with zero attached hydrogens (tertiary/aromatic N) is 4. The second-order valence-corrected chi connectivity index (χ2v) is 8.72. The molecule has 1 saturated heterocycles. The van der Waals surface area contributed by atoms with Gasteiger partial charge in [0.2, 0.25) is 5.91 Å². The molecule has 0 bridgehead atoms. The van der Waals surface area contributed by atoms with Gasteiger partial charge in [-0.15, -0.1) is 0 Å². The molecule has 5 rings (SSSR count). The third-order valence-corrected chi connectivity index (χ3v) is 6.37. The summed E-state index contributed by atoms with van der Waals surface area (Å²) in [6.07, 6.45) is 5.27. The van der Waals surface area contributed by atoms with Crippen LogP contribution in [0.3, 0.4) is 0 Å². The van der Waals surface area contributed by atoms with E-state index in [0.717, 1.165) is 46.8 Å². The van der Waals surface area contributed by atoms with E-state index in [1.54, 1.807) is 6.08 Å². The summed E-state index contributed by atoms with van der Waals surface area (Å²) in [7, 11) is 0. The van der Waals surface area contributed by atoms with Gasteiger partial charge in [-0.1, -0.05) is 54.1 Å². The zero-order chi connectivity index (χ0) is 24.0. The number of para-hydroxylation sites is 2. The number of carbonyl (C=O) groups excluding carboxylic acids is 1. The van der Waals surface area contributed by atoms with Crippen molar-refractivity contribution >= 4 is 40.4 Å². The lowest BCUT2D eigenvalue weighted by atomic mass is 10.2. The van der Waals surface area contributed by atoms with E-state index in [-0.39, 0.29) is 5.91 Å². The average Bonchev–Trinajstić information content (AvgIpc) is 2.91. The van der Waals surface area contributed by atoms with E-state index < -0.39 is 0 Å². The Balaban J connectivity index is 1.12. The molecule has 1 aromatic heterocycles. The molecular formula is C28H25ClN4O2. The van der Waals surface area contributed by atoms with Gasteiger partial charge in [0.05, 0.1) is 17.2 Å². The van der Waals surface area contributed by atoms with Gasteiger partial charge in [0.25, 0.3) is 0 Å². The van der Waals surface area contributed by atoms with Gasteiger partial charge in [0.15, 0.2) is 0 Å². The summed E-state index contributed by atoms with van der Waals surface area (Å²) in [6.45, 7) is 3.15. The zero-order valence-corrected chi connectivity index (χ0v) is 19.9. The van der Waals surface area contributed by atoms with Crippen LogP contribution in [-0.4, -0.2) is 47.0 Å². The minimum absolute atomic E-state index is 0.00768. The molecular weight excluding hydrogens is 460 g/mol. The van der Waals surface area contributed by atoms with E-state index in [2.05, 4.69) is 9.88 Å². The van der Waals surface area contributed by atoms with Crippen LogP contribution < -0.4 is 9.64 Å². The minimum Gasteiger partial charge on any atom is -0.489 e. The van der Waals surface area contributed by atoms with E-state index in [1.807, 2.05) is 90.0 Å². The van der Waals surface area contributed by atoms with Crippen LogP contribution in [0.5, 0.6) is 5.75 Å². The van der Waals surface area contributed by atoms with E-state index >= 15 is 0 Å². The highest BCUT2D eigenvalue weighted by Crippen LogP contribution is 2.20. The van der Waals surface area contributed by atoms with Gasteiger partial charge in [0, 0.05) is 42.8 Å². The Bertz CT molecular complexity index is 1350. The zero-order valence-electron chi connectivity index (χ0n) is 19.2. The molecule has 0 N–H and O–H groups in total. The van der Waals surface area contributed by atoms with Crippen LogP contribution in [0.25, 0.3) is 17.1 Å². The Hall–Kier alpha value is -3.90. The van der Waals surface area contributed by atoms with Gasteiger partial charge in [-0.3, -0.25) is 9.78 Å². The maximum atomic E-state index is 12.7. The molecule has 1 fully saturated rings. The first-order chi connectivity index (χ1) is 17.2. The topological polar surface area (TPSA) is 58.6 Å². The summed E-state index contributed by atoms with van der Waals surface area (Å²) in [5.41, 5.74) is 3.65. The van der Waals surface area contributed by atoms with Crippen LogP contribution in [0.15, 0.2) is 85.1 Å². The number of aromatic nitrogens is 2. The predicted octanol–water partition coefficient (Wildman–Crippen LogP) is 5.22. The molecule has 0 aliphatic carbocycles. The molecule has 3 aromatic carbocycles. The van der Waals surface area contributed by atoms with Crippen LogP contribution >= 0.6 is 11.6 Å². The average molecular weight is 485 g/mol. The smallest absolute Gasteiger partial charge is 0.246 e. The summed E-state index contributed by atoms with van der Waals surface area (Å²) in [5, 5.41) is 0.691. The molecule has 0 radical (unpaired) electrons. The van der Waals surface area contributed by atoms with Crippen molar-refractivity contribution in [1.29, 1.82) is 0 Å². The van der Waals surface area contributed by atoms with Crippen molar-refractivity contribution in [3.05, 3.63) is 101 Å². The van der Waals surface area contributed by atoms with Crippen LogP contribution in [0.4, 0.5) is 5.82 Å². The van der Waals surface area contributed by atoms with E-state index in [4.69, 9.17) is 21.3 Å². The van der Waals surface area contributed by atoms with Gasteiger partial charge >= 0.3 is 0 Å². The molecule has 0 atom stereocenters. The molecule has 0 saturated carbocycles. The van der Waals surface area contributed by atoms with Crippen molar-refractivity contribution in [2.45, 2.75) is 6.61 Å². The van der Waals surface area contributed by atoms with Crippen molar-refractivity contribution in [2.24, 2.45) is 0 Å². The highest BCUT2D eigenvalue weighted by molar-refractivity contribution is 6.31. The number of amides is 1. The fourth-order valence-electron chi connectivity index (χ4n) is 3.98. The number of fused-ring (bicyclic) bond motifs is 1. The van der Waals surface area contributed by atoms with E-state index in [1.165, 1.54) is 0 Å². The van der Waals surface area contributed by atoms with Crippen molar-refractivity contribution in [1.82, 2.24) is 14.9 Å². The molecule has 1 aliphatic rings. The molecule has 35 heavy (non-hydrogen) atoms. The normalized spacial score (nSPS) is 14.0. The third kappa shape index (κ3) is 5.61. The van der Waals surface area contributed by atoms with Crippen LogP contribution in [0.2, 0.25) is 5.02 Å². The number of anilines is 1. The van der Waals surface area contributed by atoms with Crippen LogP contribution in [0.1, 0.15) is 11.1 Å². The number of piperazine rings is 1. The van der Waals surface area contributed by atoms with Gasteiger partial charge in [0.1, 0.15) is 18.2 Å². The number of halogens is 1. The molecule has 1 amide bonds. The Labute approximate surface area is 209 Å². The number of hydrogen-bond acceptors (Lipinski definition) is 5. The monoisotopic (exact) mass is 484 g/mol. The van der Waals surface area contributed by atoms with Crippen molar-refractivity contribution in [3.8, 4) is 5.75 Å².